The van der Waals surface area contributed by atoms with Crippen LogP contribution in [-0.2, 0) is 13.0 Å². The van der Waals surface area contributed by atoms with E-state index in [1.807, 2.05) is 18.2 Å². The first-order valence-electron chi connectivity index (χ1n) is 9.76. The zero-order valence-corrected chi connectivity index (χ0v) is 16.9. The predicted molar refractivity (Wildman–Crippen MR) is 113 cm³/mol. The van der Waals surface area contributed by atoms with Crippen molar-refractivity contribution < 1.29 is 14.3 Å². The Morgan fingerprint density at radius 1 is 0.966 bits per heavy atom. The van der Waals surface area contributed by atoms with E-state index in [-0.39, 0.29) is 11.3 Å². The van der Waals surface area contributed by atoms with Gasteiger partial charge in [0.05, 0.1) is 30.9 Å². The number of hydrogen-bond acceptors (Lipinski definition) is 5. The van der Waals surface area contributed by atoms with Gasteiger partial charge in [0.1, 0.15) is 0 Å². The van der Waals surface area contributed by atoms with Crippen LogP contribution in [0.15, 0.2) is 35.1 Å². The van der Waals surface area contributed by atoms with Crippen molar-refractivity contribution in [2.45, 2.75) is 26.3 Å². The number of ether oxygens (including phenoxy) is 2. The van der Waals surface area contributed by atoms with Crippen molar-refractivity contribution in [3.63, 3.8) is 0 Å². The third-order valence-corrected chi connectivity index (χ3v) is 5.58. The van der Waals surface area contributed by atoms with Crippen LogP contribution in [0, 0.1) is 0 Å². The van der Waals surface area contributed by atoms with Crippen LogP contribution in [0.25, 0.3) is 22.0 Å². The number of nitrogens with two attached hydrogens (primary N) is 1. The molecule has 3 aromatic rings. The minimum atomic E-state index is -0.159. The number of rotatable bonds is 6. The van der Waals surface area contributed by atoms with Gasteiger partial charge in [-0.2, -0.15) is 0 Å². The van der Waals surface area contributed by atoms with Crippen LogP contribution >= 0.6 is 0 Å². The number of ketones is 1. The highest BCUT2D eigenvalue weighted by molar-refractivity contribution is 6.27. The summed E-state index contributed by atoms with van der Waals surface area (Å²) in [4.78, 5) is 26.9. The maximum Gasteiger partial charge on any atom is 0.259 e. The van der Waals surface area contributed by atoms with Gasteiger partial charge < -0.3 is 19.8 Å². The van der Waals surface area contributed by atoms with Crippen LogP contribution in [0.5, 0.6) is 11.5 Å². The molecule has 0 bridgehead atoms. The topological polar surface area (TPSA) is 83.6 Å². The van der Waals surface area contributed by atoms with Gasteiger partial charge in [-0.05, 0) is 43.1 Å². The summed E-state index contributed by atoms with van der Waals surface area (Å²) in [5, 5.41) is 1.03. The Hall–Kier alpha value is -3.12. The fourth-order valence-corrected chi connectivity index (χ4v) is 4.09. The lowest BCUT2D eigenvalue weighted by molar-refractivity contribution is 0.104. The lowest BCUT2D eigenvalue weighted by Crippen LogP contribution is -2.24. The normalized spacial score (nSPS) is 12.2. The molecule has 0 spiro atoms. The van der Waals surface area contributed by atoms with Gasteiger partial charge in [0.25, 0.3) is 5.56 Å². The minimum Gasteiger partial charge on any atom is -0.493 e. The molecule has 0 atom stereocenters. The monoisotopic (exact) mass is 392 g/mol. The zero-order valence-electron chi connectivity index (χ0n) is 16.9. The maximum absolute atomic E-state index is 13.4. The molecule has 6 nitrogen and oxygen atoms in total. The van der Waals surface area contributed by atoms with Gasteiger partial charge in [0.15, 0.2) is 17.3 Å². The molecule has 0 saturated carbocycles. The van der Waals surface area contributed by atoms with E-state index in [1.165, 1.54) is 14.2 Å². The molecule has 1 aromatic heterocycles. The van der Waals surface area contributed by atoms with Gasteiger partial charge in [-0.3, -0.25) is 9.59 Å². The fourth-order valence-electron chi connectivity index (χ4n) is 4.09. The van der Waals surface area contributed by atoms with Crippen molar-refractivity contribution in [3.05, 3.63) is 57.4 Å². The highest BCUT2D eigenvalue weighted by Gasteiger charge is 2.33. The molecule has 0 fully saturated rings. The van der Waals surface area contributed by atoms with Crippen LogP contribution in [0.1, 0.15) is 34.8 Å². The molecular formula is C23H24N2O4. The lowest BCUT2D eigenvalue weighted by Gasteiger charge is -2.16. The Labute approximate surface area is 168 Å². The first kappa shape index (κ1) is 19.2. The minimum absolute atomic E-state index is 0.0657. The highest BCUT2D eigenvalue weighted by Crippen LogP contribution is 2.42. The Balaban J connectivity index is 2.13. The summed E-state index contributed by atoms with van der Waals surface area (Å²) in [7, 11) is 3.06. The lowest BCUT2D eigenvalue weighted by atomic mass is 10.0. The molecule has 0 saturated heterocycles. The second-order valence-corrected chi connectivity index (χ2v) is 7.14. The van der Waals surface area contributed by atoms with Crippen molar-refractivity contribution in [2.75, 3.05) is 20.8 Å². The second-order valence-electron chi connectivity index (χ2n) is 7.14. The van der Waals surface area contributed by atoms with Crippen LogP contribution in [0.2, 0.25) is 0 Å². The van der Waals surface area contributed by atoms with Gasteiger partial charge >= 0.3 is 0 Å². The summed E-state index contributed by atoms with van der Waals surface area (Å²) in [5.74, 6) is 0.877. The quantitative estimate of drug-likeness (QED) is 0.545. The average molecular weight is 392 g/mol. The number of aromatic nitrogens is 1. The number of hydrogen-bond donors (Lipinski definition) is 1. The van der Waals surface area contributed by atoms with E-state index >= 15 is 0 Å². The van der Waals surface area contributed by atoms with Crippen molar-refractivity contribution >= 4 is 16.6 Å². The molecular weight excluding hydrogens is 368 g/mol. The standard InChI is InChI=1S/C23H24N2O4/c1-4-13-6-7-14-16(10-13)22(26)20-15-11-18(28-2)19(29-3)12-17(15)23(27)25(21(14)20)9-5-8-24/h6-7,10-12H,4-5,8-9,24H2,1-3H3. The summed E-state index contributed by atoms with van der Waals surface area (Å²) in [5.41, 5.74) is 9.29. The van der Waals surface area contributed by atoms with Crippen LogP contribution in [0.3, 0.4) is 0 Å². The highest BCUT2D eigenvalue weighted by atomic mass is 16.5. The third-order valence-electron chi connectivity index (χ3n) is 5.58. The molecule has 0 unspecified atom stereocenters. The first-order chi connectivity index (χ1) is 14.0. The first-order valence-corrected chi connectivity index (χ1v) is 9.76. The van der Waals surface area contributed by atoms with Gasteiger partial charge in [-0.1, -0.05) is 19.1 Å². The van der Waals surface area contributed by atoms with Gasteiger partial charge in [0.2, 0.25) is 0 Å². The van der Waals surface area contributed by atoms with Crippen molar-refractivity contribution in [1.29, 1.82) is 0 Å². The number of methoxy groups -OCH3 is 2. The number of pyridine rings is 1. The number of carbonyl (C=O) groups excluding carboxylic acids is 1. The number of nitrogens with zero attached hydrogens (tertiary/aromatic N) is 1. The second kappa shape index (κ2) is 7.37. The molecule has 150 valence electrons. The smallest absolute Gasteiger partial charge is 0.259 e. The molecule has 2 aromatic carbocycles. The van der Waals surface area contributed by atoms with Crippen molar-refractivity contribution in [3.8, 4) is 22.8 Å². The van der Waals surface area contributed by atoms with Crippen LogP contribution in [0.4, 0.5) is 0 Å². The Bertz CT molecular complexity index is 1190. The Morgan fingerprint density at radius 3 is 2.28 bits per heavy atom. The predicted octanol–water partition coefficient (Wildman–Crippen LogP) is 3.14. The van der Waals surface area contributed by atoms with Crippen molar-refractivity contribution in [1.82, 2.24) is 4.57 Å². The molecule has 4 rings (SSSR count). The van der Waals surface area contributed by atoms with Crippen LogP contribution < -0.4 is 20.8 Å². The number of carbonyl (C=O) groups is 1. The van der Waals surface area contributed by atoms with E-state index in [4.69, 9.17) is 15.2 Å². The third kappa shape index (κ3) is 2.83. The number of benzene rings is 2. The average Bonchev–Trinajstić information content (AvgIpc) is 3.04. The summed E-state index contributed by atoms with van der Waals surface area (Å²) >= 11 is 0. The Morgan fingerprint density at radius 2 is 1.66 bits per heavy atom. The van der Waals surface area contributed by atoms with Gasteiger partial charge in [-0.15, -0.1) is 0 Å². The van der Waals surface area contributed by atoms with Crippen molar-refractivity contribution in [2.24, 2.45) is 5.73 Å². The molecule has 0 radical (unpaired) electrons. The molecule has 0 amide bonds. The molecule has 1 heterocycles. The molecule has 2 N–H and O–H groups in total. The largest absolute Gasteiger partial charge is 0.493 e. The Kier molecular flexibility index (Phi) is 4.88. The number of aryl methyl sites for hydroxylation is 1. The molecule has 1 aliphatic rings. The molecule has 0 aliphatic heterocycles. The van der Waals surface area contributed by atoms with E-state index in [0.717, 1.165) is 17.5 Å². The van der Waals surface area contributed by atoms with E-state index in [0.29, 0.717) is 58.6 Å². The summed E-state index contributed by atoms with van der Waals surface area (Å²) in [6.07, 6.45) is 1.48. The van der Waals surface area contributed by atoms with Gasteiger partial charge in [0, 0.05) is 23.1 Å². The zero-order chi connectivity index (χ0) is 20.7. The fraction of sp³-hybridized carbons (Fsp3) is 0.304. The summed E-state index contributed by atoms with van der Waals surface area (Å²) in [6.45, 7) is 2.96. The molecule has 29 heavy (non-hydrogen) atoms. The molecule has 6 heteroatoms. The van der Waals surface area contributed by atoms with E-state index < -0.39 is 0 Å². The van der Waals surface area contributed by atoms with Crippen LogP contribution in [-0.4, -0.2) is 31.1 Å². The molecule has 1 aliphatic carbocycles. The van der Waals surface area contributed by atoms with E-state index in [2.05, 4.69) is 6.92 Å². The van der Waals surface area contributed by atoms with Gasteiger partial charge in [-0.25, -0.2) is 0 Å². The SMILES string of the molecule is CCc1ccc2c(c1)C(=O)c1c-2n(CCCN)c(=O)c2cc(OC)c(OC)cc12. The van der Waals surface area contributed by atoms with E-state index in [1.54, 1.807) is 16.7 Å². The summed E-state index contributed by atoms with van der Waals surface area (Å²) in [6, 6.07) is 9.28. The summed E-state index contributed by atoms with van der Waals surface area (Å²) < 4.78 is 12.5. The van der Waals surface area contributed by atoms with E-state index in [9.17, 15) is 9.59 Å². The number of fused-ring (bicyclic) bond motifs is 5. The maximum atomic E-state index is 13.4.